The Bertz CT molecular complexity index is 1040. The molecule has 0 saturated carbocycles. The number of thiophene rings is 1. The van der Waals surface area contributed by atoms with Crippen LogP contribution in [-0.2, 0) is 20.8 Å². The number of hydrogen-bond acceptors (Lipinski definition) is 9. The van der Waals surface area contributed by atoms with E-state index in [9.17, 15) is 5.11 Å². The van der Waals surface area contributed by atoms with E-state index in [2.05, 4.69) is 42.3 Å². The van der Waals surface area contributed by atoms with Crippen molar-refractivity contribution >= 4 is 44.2 Å². The molecule has 3 aromatic heterocycles. The van der Waals surface area contributed by atoms with Crippen LogP contribution >= 0.6 is 27.3 Å². The molecular formula is C18H20BrN5O4S. The lowest BCUT2D eigenvalue weighted by Gasteiger charge is -2.24. The highest BCUT2D eigenvalue weighted by Gasteiger charge is 2.55. The Kier molecular flexibility index (Phi) is 4.84. The highest BCUT2D eigenvalue weighted by Crippen LogP contribution is 2.43. The Hall–Kier alpha value is -1.63. The summed E-state index contributed by atoms with van der Waals surface area (Å²) in [5.74, 6) is -0.0897. The number of hydrogen-bond donors (Lipinski definition) is 2. The number of aliphatic hydroxyl groups excluding tert-OH is 1. The van der Waals surface area contributed by atoms with Crippen LogP contribution in [0.25, 0.3) is 11.2 Å². The average molecular weight is 482 g/mol. The smallest absolute Gasteiger partial charge is 0.167 e. The van der Waals surface area contributed by atoms with Crippen LogP contribution in [0.5, 0.6) is 0 Å². The zero-order valence-corrected chi connectivity index (χ0v) is 18.2. The van der Waals surface area contributed by atoms with Crippen LogP contribution < -0.4 is 5.32 Å². The van der Waals surface area contributed by atoms with Crippen LogP contribution in [0.3, 0.4) is 0 Å². The summed E-state index contributed by atoms with van der Waals surface area (Å²) in [6.45, 7) is 4.20. The Morgan fingerprint density at radius 1 is 1.24 bits per heavy atom. The number of imidazole rings is 1. The zero-order chi connectivity index (χ0) is 20.2. The van der Waals surface area contributed by atoms with Gasteiger partial charge in [0.1, 0.15) is 24.6 Å². The fourth-order valence-electron chi connectivity index (χ4n) is 3.82. The highest BCUT2D eigenvalue weighted by molar-refractivity contribution is 9.11. The maximum atomic E-state index is 9.71. The molecule has 154 valence electrons. The monoisotopic (exact) mass is 481 g/mol. The molecule has 4 atom stereocenters. The first-order chi connectivity index (χ1) is 13.9. The predicted molar refractivity (Wildman–Crippen MR) is 109 cm³/mol. The van der Waals surface area contributed by atoms with Crippen molar-refractivity contribution in [2.24, 2.45) is 0 Å². The molecule has 2 aliphatic rings. The minimum atomic E-state index is -0.738. The summed E-state index contributed by atoms with van der Waals surface area (Å²) in [4.78, 5) is 14.4. The Morgan fingerprint density at radius 2 is 2.07 bits per heavy atom. The number of nitrogens with zero attached hydrogens (tertiary/aromatic N) is 4. The quantitative estimate of drug-likeness (QED) is 0.572. The lowest BCUT2D eigenvalue weighted by molar-refractivity contribution is -0.199. The first kappa shape index (κ1) is 19.3. The van der Waals surface area contributed by atoms with E-state index in [0.29, 0.717) is 23.5 Å². The zero-order valence-electron chi connectivity index (χ0n) is 15.8. The highest BCUT2D eigenvalue weighted by atomic mass is 79.9. The molecule has 1 unspecified atom stereocenters. The average Bonchev–Trinajstić information content (AvgIpc) is 3.42. The normalized spacial score (nSPS) is 28.1. The van der Waals surface area contributed by atoms with Crippen LogP contribution in [0.1, 0.15) is 25.0 Å². The van der Waals surface area contributed by atoms with Gasteiger partial charge in [-0.1, -0.05) is 0 Å². The molecule has 5 heterocycles. The third kappa shape index (κ3) is 3.45. The second-order valence-corrected chi connectivity index (χ2v) is 9.97. The van der Waals surface area contributed by atoms with Crippen molar-refractivity contribution < 1.29 is 19.3 Å². The van der Waals surface area contributed by atoms with Crippen molar-refractivity contribution in [2.45, 2.75) is 50.7 Å². The van der Waals surface area contributed by atoms with E-state index in [0.717, 1.165) is 3.79 Å². The summed E-state index contributed by atoms with van der Waals surface area (Å²) in [6, 6.07) is 4.07. The number of rotatable bonds is 5. The van der Waals surface area contributed by atoms with Crippen LogP contribution in [0.2, 0.25) is 0 Å². The maximum absolute atomic E-state index is 9.71. The Balaban J connectivity index is 1.44. The van der Waals surface area contributed by atoms with Crippen molar-refractivity contribution in [3.8, 4) is 0 Å². The molecule has 9 nitrogen and oxygen atoms in total. The molecule has 3 aromatic rings. The van der Waals surface area contributed by atoms with E-state index in [-0.39, 0.29) is 18.8 Å². The van der Waals surface area contributed by atoms with Gasteiger partial charge in [0.25, 0.3) is 0 Å². The molecule has 0 aromatic carbocycles. The summed E-state index contributed by atoms with van der Waals surface area (Å²) < 4.78 is 20.9. The molecule has 0 spiro atoms. The number of aliphatic hydroxyl groups is 1. The first-order valence-corrected chi connectivity index (χ1v) is 10.8. The third-order valence-corrected chi connectivity index (χ3v) is 6.62. The second kappa shape index (κ2) is 7.25. The lowest BCUT2D eigenvalue weighted by atomic mass is 10.1. The number of anilines is 1. The summed E-state index contributed by atoms with van der Waals surface area (Å²) in [5.41, 5.74) is 1.28. The van der Waals surface area contributed by atoms with E-state index in [4.69, 9.17) is 14.2 Å². The third-order valence-electron chi connectivity index (χ3n) is 5.00. The van der Waals surface area contributed by atoms with Crippen molar-refractivity contribution in [1.82, 2.24) is 19.5 Å². The number of fused-ring (bicyclic) bond motifs is 2. The summed E-state index contributed by atoms with van der Waals surface area (Å²) in [5, 5.41) is 13.0. The van der Waals surface area contributed by atoms with E-state index in [1.165, 1.54) is 11.2 Å². The first-order valence-electron chi connectivity index (χ1n) is 9.23. The van der Waals surface area contributed by atoms with Crippen molar-refractivity contribution in [3.05, 3.63) is 33.5 Å². The molecule has 2 N–H and O–H groups in total. The van der Waals surface area contributed by atoms with Gasteiger partial charge in [0.05, 0.1) is 23.3 Å². The molecule has 0 aliphatic carbocycles. The van der Waals surface area contributed by atoms with Gasteiger partial charge in [0.2, 0.25) is 0 Å². The molecule has 2 fully saturated rings. The minimum Gasteiger partial charge on any atom is -0.394 e. The van der Waals surface area contributed by atoms with Gasteiger partial charge in [-0.15, -0.1) is 11.3 Å². The van der Waals surface area contributed by atoms with Gasteiger partial charge in [-0.25, -0.2) is 15.0 Å². The summed E-state index contributed by atoms with van der Waals surface area (Å²) >= 11 is 5.14. The topological polar surface area (TPSA) is 104 Å². The van der Waals surface area contributed by atoms with E-state index in [1.807, 2.05) is 24.5 Å². The molecule has 0 bridgehead atoms. The standard InChI is InChI=1S/C18H20BrN5O4S/c1-18(2)27-13-10(6-25)26-17(14(13)28-18)24-8-23-12-15(21-7-22-16(12)24)20-5-9-3-4-11(19)29-9/h3-4,7-8,10,13-14,17,25H,5-6H2,1-2H3,(H,20,21,22)/t10-,13?,14+,17-/m1/s1. The molecule has 2 aliphatic heterocycles. The molecule has 0 radical (unpaired) electrons. The van der Waals surface area contributed by atoms with Gasteiger partial charge < -0.3 is 24.6 Å². The van der Waals surface area contributed by atoms with Gasteiger partial charge in [-0.2, -0.15) is 0 Å². The van der Waals surface area contributed by atoms with E-state index < -0.39 is 18.1 Å². The maximum Gasteiger partial charge on any atom is 0.167 e. The number of ether oxygens (including phenoxy) is 3. The van der Waals surface area contributed by atoms with Gasteiger partial charge in [-0.3, -0.25) is 4.57 Å². The largest absolute Gasteiger partial charge is 0.394 e. The molecule has 5 rings (SSSR count). The molecule has 29 heavy (non-hydrogen) atoms. The van der Waals surface area contributed by atoms with Crippen LogP contribution in [-0.4, -0.2) is 55.3 Å². The second-order valence-electron chi connectivity index (χ2n) is 7.42. The van der Waals surface area contributed by atoms with Crippen LogP contribution in [0, 0.1) is 0 Å². The van der Waals surface area contributed by atoms with Gasteiger partial charge in [0.15, 0.2) is 29.0 Å². The van der Waals surface area contributed by atoms with Crippen LogP contribution in [0.4, 0.5) is 5.82 Å². The SMILES string of the molecule is CC1(C)OC2[C@@H](CO)O[C@@H](n3cnc4c(NCc5ccc(Br)s5)ncnc43)[C@H]2O1. The van der Waals surface area contributed by atoms with Gasteiger partial charge in [0, 0.05) is 4.88 Å². The van der Waals surface area contributed by atoms with Crippen molar-refractivity contribution in [1.29, 1.82) is 0 Å². The molecule has 11 heteroatoms. The number of halogens is 1. The summed E-state index contributed by atoms with van der Waals surface area (Å²) in [6.07, 6.45) is 1.48. The molecular weight excluding hydrogens is 462 g/mol. The van der Waals surface area contributed by atoms with E-state index in [1.54, 1.807) is 17.7 Å². The predicted octanol–water partition coefficient (Wildman–Crippen LogP) is 2.67. The number of aromatic nitrogens is 4. The summed E-state index contributed by atoms with van der Waals surface area (Å²) in [7, 11) is 0. The van der Waals surface area contributed by atoms with Gasteiger partial charge >= 0.3 is 0 Å². The van der Waals surface area contributed by atoms with Crippen LogP contribution in [0.15, 0.2) is 28.6 Å². The molecule has 0 amide bonds. The lowest BCUT2D eigenvalue weighted by Crippen LogP contribution is -2.31. The fraction of sp³-hybridized carbons (Fsp3) is 0.500. The minimum absolute atomic E-state index is 0.151. The Morgan fingerprint density at radius 3 is 2.83 bits per heavy atom. The Labute approximate surface area is 179 Å². The molecule has 2 saturated heterocycles. The van der Waals surface area contributed by atoms with Gasteiger partial charge in [-0.05, 0) is 41.9 Å². The number of nitrogens with one attached hydrogen (secondary N) is 1. The fourth-order valence-corrected chi connectivity index (χ4v) is 5.24. The van der Waals surface area contributed by atoms with E-state index >= 15 is 0 Å². The van der Waals surface area contributed by atoms with Crippen molar-refractivity contribution in [3.63, 3.8) is 0 Å². The van der Waals surface area contributed by atoms with Crippen molar-refractivity contribution in [2.75, 3.05) is 11.9 Å².